The Hall–Kier alpha value is -2.36. The van der Waals surface area contributed by atoms with Crippen LogP contribution in [-0.4, -0.2) is 36.4 Å². The Labute approximate surface area is 167 Å². The third-order valence-corrected chi connectivity index (χ3v) is 6.60. The molecule has 1 aliphatic carbocycles. The number of sulfone groups is 1. The molecular formula is C19H22F3N3O3S. The van der Waals surface area contributed by atoms with E-state index in [2.05, 4.69) is 10.4 Å². The molecule has 1 amide bonds. The van der Waals surface area contributed by atoms with Gasteiger partial charge in [-0.1, -0.05) is 18.2 Å². The van der Waals surface area contributed by atoms with E-state index in [0.29, 0.717) is 25.0 Å². The number of amides is 1. The first-order chi connectivity index (χ1) is 13.7. The molecule has 10 heteroatoms. The summed E-state index contributed by atoms with van der Waals surface area (Å²) in [5, 5.41) is 6.29. The summed E-state index contributed by atoms with van der Waals surface area (Å²) >= 11 is 0. The monoisotopic (exact) mass is 429 g/mol. The first kappa shape index (κ1) is 21.4. The lowest BCUT2D eigenvalue weighted by atomic mass is 9.95. The highest BCUT2D eigenvalue weighted by molar-refractivity contribution is 7.91. The topological polar surface area (TPSA) is 81.1 Å². The van der Waals surface area contributed by atoms with Crippen molar-refractivity contribution in [3.05, 3.63) is 47.3 Å². The van der Waals surface area contributed by atoms with Crippen LogP contribution in [0.25, 0.3) is 0 Å². The van der Waals surface area contributed by atoms with Crippen LogP contribution < -0.4 is 5.32 Å². The van der Waals surface area contributed by atoms with Crippen molar-refractivity contribution < 1.29 is 26.4 Å². The smallest absolute Gasteiger partial charge is 0.354 e. The zero-order valence-corrected chi connectivity index (χ0v) is 16.5. The van der Waals surface area contributed by atoms with Gasteiger partial charge in [-0.15, -0.1) is 0 Å². The van der Waals surface area contributed by atoms with Crippen LogP contribution in [0, 0.1) is 0 Å². The van der Waals surface area contributed by atoms with Crippen molar-refractivity contribution in [2.75, 3.05) is 12.3 Å². The lowest BCUT2D eigenvalue weighted by Gasteiger charge is -2.15. The number of nitrogens with one attached hydrogen (secondary N) is 1. The van der Waals surface area contributed by atoms with Crippen LogP contribution in [-0.2, 0) is 40.2 Å². The lowest BCUT2D eigenvalue weighted by molar-refractivity contribution is -0.142. The summed E-state index contributed by atoms with van der Waals surface area (Å²) < 4.78 is 65.3. The highest BCUT2D eigenvalue weighted by atomic mass is 32.2. The van der Waals surface area contributed by atoms with Gasteiger partial charge in [0.15, 0.2) is 15.5 Å². The van der Waals surface area contributed by atoms with Crippen molar-refractivity contribution in [1.29, 1.82) is 0 Å². The zero-order chi connectivity index (χ0) is 21.1. The van der Waals surface area contributed by atoms with Crippen molar-refractivity contribution in [2.45, 2.75) is 49.7 Å². The van der Waals surface area contributed by atoms with Gasteiger partial charge in [0.05, 0.1) is 17.2 Å². The molecule has 1 aromatic carbocycles. The molecule has 0 saturated heterocycles. The standard InChI is InChI=1S/C19H22F3N3O3S/c20-19(21,22)18-15-8-4-5-9-16(15)25(24-18)12-11-23-17(26)10-13-29(27,28)14-6-2-1-3-7-14/h1-3,6-7H,4-5,8-13H2,(H,23,26). The van der Waals surface area contributed by atoms with Gasteiger partial charge in [0.25, 0.3) is 0 Å². The molecule has 0 unspecified atom stereocenters. The Kier molecular flexibility index (Phi) is 6.30. The molecule has 0 saturated carbocycles. The molecule has 0 radical (unpaired) electrons. The SMILES string of the molecule is O=C(CCS(=O)(=O)c1ccccc1)NCCn1nc(C(F)(F)F)c2c1CCCC2. The van der Waals surface area contributed by atoms with Crippen molar-refractivity contribution in [2.24, 2.45) is 0 Å². The maximum atomic E-state index is 13.2. The molecule has 6 nitrogen and oxygen atoms in total. The average molecular weight is 429 g/mol. The number of carbonyl (C=O) groups is 1. The predicted octanol–water partition coefficient (Wildman–Crippen LogP) is 2.76. The second-order valence-corrected chi connectivity index (χ2v) is 9.04. The van der Waals surface area contributed by atoms with Crippen molar-refractivity contribution in [3.63, 3.8) is 0 Å². The number of hydrogen-bond donors (Lipinski definition) is 1. The average Bonchev–Trinajstić information content (AvgIpc) is 3.07. The molecule has 0 spiro atoms. The van der Waals surface area contributed by atoms with Crippen molar-refractivity contribution in [3.8, 4) is 0 Å². The van der Waals surface area contributed by atoms with E-state index in [1.807, 2.05) is 0 Å². The van der Waals surface area contributed by atoms with Crippen molar-refractivity contribution in [1.82, 2.24) is 15.1 Å². The third kappa shape index (κ3) is 5.17. The Morgan fingerprint density at radius 1 is 1.14 bits per heavy atom. The van der Waals surface area contributed by atoms with E-state index in [-0.39, 0.29) is 35.7 Å². The fraction of sp³-hybridized carbons (Fsp3) is 0.474. The third-order valence-electron chi connectivity index (χ3n) is 4.87. The highest BCUT2D eigenvalue weighted by Gasteiger charge is 2.39. The van der Waals surface area contributed by atoms with Gasteiger partial charge in [-0.05, 0) is 37.8 Å². The van der Waals surface area contributed by atoms with Crippen LogP contribution in [0.1, 0.15) is 36.2 Å². The molecule has 0 bridgehead atoms. The number of aromatic nitrogens is 2. The van der Waals surface area contributed by atoms with Crippen LogP contribution in [0.4, 0.5) is 13.2 Å². The minimum Gasteiger partial charge on any atom is -0.354 e. The number of rotatable bonds is 7. The zero-order valence-electron chi connectivity index (χ0n) is 15.7. The molecule has 1 heterocycles. The van der Waals surface area contributed by atoms with Gasteiger partial charge >= 0.3 is 6.18 Å². The van der Waals surface area contributed by atoms with Crippen LogP contribution >= 0.6 is 0 Å². The van der Waals surface area contributed by atoms with E-state index in [0.717, 1.165) is 6.42 Å². The van der Waals surface area contributed by atoms with Gasteiger partial charge in [-0.25, -0.2) is 8.42 Å². The molecule has 0 atom stereocenters. The molecule has 1 N–H and O–H groups in total. The van der Waals surface area contributed by atoms with E-state index >= 15 is 0 Å². The number of carbonyl (C=O) groups excluding carboxylic acids is 1. The Bertz CT molecular complexity index is 970. The summed E-state index contributed by atoms with van der Waals surface area (Å²) in [6.45, 7) is 0.186. The maximum absolute atomic E-state index is 13.2. The molecule has 0 aliphatic heterocycles. The quantitative estimate of drug-likeness (QED) is 0.734. The van der Waals surface area contributed by atoms with E-state index in [1.165, 1.54) is 16.8 Å². The van der Waals surface area contributed by atoms with Crippen molar-refractivity contribution >= 4 is 15.7 Å². The van der Waals surface area contributed by atoms with Gasteiger partial charge in [-0.2, -0.15) is 18.3 Å². The van der Waals surface area contributed by atoms with Gasteiger partial charge in [0.2, 0.25) is 5.91 Å². The van der Waals surface area contributed by atoms with Crippen LogP contribution in [0.3, 0.4) is 0 Å². The van der Waals surface area contributed by atoms with E-state index in [4.69, 9.17) is 0 Å². The summed E-state index contributed by atoms with van der Waals surface area (Å²) in [4.78, 5) is 12.1. The number of nitrogens with zero attached hydrogens (tertiary/aromatic N) is 2. The maximum Gasteiger partial charge on any atom is 0.435 e. The van der Waals surface area contributed by atoms with E-state index in [9.17, 15) is 26.4 Å². The Morgan fingerprint density at radius 3 is 2.52 bits per heavy atom. The largest absolute Gasteiger partial charge is 0.435 e. The van der Waals surface area contributed by atoms with Crippen LogP contribution in [0.15, 0.2) is 35.2 Å². The second kappa shape index (κ2) is 8.56. The summed E-state index contributed by atoms with van der Waals surface area (Å²) in [6, 6.07) is 7.84. The van der Waals surface area contributed by atoms with E-state index < -0.39 is 27.6 Å². The normalized spacial score (nSPS) is 14.4. The summed E-state index contributed by atoms with van der Waals surface area (Å²) in [5.41, 5.74) is -0.0130. The highest BCUT2D eigenvalue weighted by Crippen LogP contribution is 2.35. The summed E-state index contributed by atoms with van der Waals surface area (Å²) in [6.07, 6.45) is -2.33. The molecule has 1 aliphatic rings. The summed E-state index contributed by atoms with van der Waals surface area (Å²) in [7, 11) is -3.56. The second-order valence-electron chi connectivity index (χ2n) is 6.93. The lowest BCUT2D eigenvalue weighted by Crippen LogP contribution is -2.29. The number of alkyl halides is 3. The Morgan fingerprint density at radius 2 is 1.83 bits per heavy atom. The van der Waals surface area contributed by atoms with Gasteiger partial charge < -0.3 is 5.32 Å². The summed E-state index contributed by atoms with van der Waals surface area (Å²) in [5.74, 6) is -0.806. The van der Waals surface area contributed by atoms with Crippen LogP contribution in [0.5, 0.6) is 0 Å². The van der Waals surface area contributed by atoms with Gasteiger partial charge in [0.1, 0.15) is 0 Å². The number of halogens is 3. The fourth-order valence-corrected chi connectivity index (χ4v) is 4.71. The molecule has 2 aromatic rings. The molecular weight excluding hydrogens is 407 g/mol. The minimum absolute atomic E-state index is 0.0790. The molecule has 3 rings (SSSR count). The molecule has 1 aromatic heterocycles. The Balaban J connectivity index is 1.55. The minimum atomic E-state index is -4.50. The first-order valence-corrected chi connectivity index (χ1v) is 11.0. The number of hydrogen-bond acceptors (Lipinski definition) is 4. The van der Waals surface area contributed by atoms with Gasteiger partial charge in [-0.3, -0.25) is 9.48 Å². The molecule has 29 heavy (non-hydrogen) atoms. The number of benzene rings is 1. The van der Waals surface area contributed by atoms with Gasteiger partial charge in [0, 0.05) is 24.2 Å². The van der Waals surface area contributed by atoms with Crippen LogP contribution in [0.2, 0.25) is 0 Å². The fourth-order valence-electron chi connectivity index (χ4n) is 3.45. The molecule has 158 valence electrons. The predicted molar refractivity (Wildman–Crippen MR) is 100.0 cm³/mol. The number of fused-ring (bicyclic) bond motifs is 1. The first-order valence-electron chi connectivity index (χ1n) is 9.39. The van der Waals surface area contributed by atoms with E-state index in [1.54, 1.807) is 18.2 Å². The molecule has 0 fully saturated rings.